The van der Waals surface area contributed by atoms with E-state index in [0.29, 0.717) is 68.2 Å². The van der Waals surface area contributed by atoms with Gasteiger partial charge in [-0.3, -0.25) is 9.59 Å². The van der Waals surface area contributed by atoms with Crippen molar-refractivity contribution in [2.24, 2.45) is 11.8 Å². The Kier molecular flexibility index (Phi) is 29.3. The lowest BCUT2D eigenvalue weighted by Crippen LogP contribution is -2.30. The minimum Gasteiger partial charge on any atom is -0.492 e. The summed E-state index contributed by atoms with van der Waals surface area (Å²) in [6.45, 7) is 36.0. The van der Waals surface area contributed by atoms with Gasteiger partial charge in [0.25, 0.3) is 11.4 Å². The lowest BCUT2D eigenvalue weighted by molar-refractivity contribution is 0.103. The van der Waals surface area contributed by atoms with E-state index in [2.05, 4.69) is 211 Å². The molecule has 0 aliphatic heterocycles. The second kappa shape index (κ2) is 42.0. The van der Waals surface area contributed by atoms with Crippen molar-refractivity contribution in [2.75, 3.05) is 13.2 Å². The molecule has 136 heavy (non-hydrogen) atoms. The van der Waals surface area contributed by atoms with Crippen LogP contribution >= 0.6 is 113 Å². The fraction of sp³-hybridized carbons (Fsp3) is 0.356. The predicted molar refractivity (Wildman–Crippen MR) is 585 cm³/mol. The lowest BCUT2D eigenvalue weighted by atomic mass is 9.65. The van der Waals surface area contributed by atoms with Gasteiger partial charge < -0.3 is 9.47 Å². The summed E-state index contributed by atoms with van der Waals surface area (Å²) in [7, 11) is 0. The first-order valence-corrected chi connectivity index (χ1v) is 57.8. The van der Waals surface area contributed by atoms with Gasteiger partial charge in [0.15, 0.2) is 0 Å². The number of nitrogens with zero attached hydrogens (tertiary/aromatic N) is 4. The largest absolute Gasteiger partial charge is 0.492 e. The van der Waals surface area contributed by atoms with E-state index in [-0.39, 0.29) is 23.0 Å². The van der Waals surface area contributed by atoms with Crippen molar-refractivity contribution in [2.45, 2.75) is 246 Å². The molecule has 0 saturated heterocycles. The van der Waals surface area contributed by atoms with Gasteiger partial charge in [0, 0.05) is 82.9 Å². The number of nitriles is 2. The van der Waals surface area contributed by atoms with Crippen LogP contribution in [0.25, 0.3) is 111 Å². The zero-order valence-electron chi connectivity index (χ0n) is 79.0. The number of benzene rings is 5. The molecule has 19 rings (SSSR count). The smallest absolute Gasteiger partial charge is 0.270 e. The molecule has 0 fully saturated rings. The molecule has 10 heterocycles. The summed E-state index contributed by atoms with van der Waals surface area (Å²) < 4.78 is 23.3. The average molecular weight is 1970 g/mol. The zero-order chi connectivity index (χ0) is 93.9. The van der Waals surface area contributed by atoms with E-state index in [1.807, 2.05) is 80.4 Å². The zero-order valence-corrected chi connectivity index (χ0v) is 87.2. The maximum atomic E-state index is 15.1. The van der Waals surface area contributed by atoms with Crippen molar-refractivity contribution >= 4 is 186 Å². The number of Topliss-reactive ketones (excluding diaryl/α,β-unsaturated/α-hetero) is 2. The molecule has 15 aromatic rings. The first kappa shape index (κ1) is 94.9. The quantitative estimate of drug-likeness (QED) is 0.0163. The average Bonchev–Trinajstić information content (AvgIpc) is 1.49. The second-order valence-electron chi connectivity index (χ2n) is 37.3. The summed E-state index contributed by atoms with van der Waals surface area (Å²) in [6.07, 6.45) is 35.3. The van der Waals surface area contributed by atoms with Crippen LogP contribution < -0.4 is 9.47 Å². The van der Waals surface area contributed by atoms with Gasteiger partial charge in [-0.25, -0.2) is 20.2 Å². The monoisotopic (exact) mass is 1970 g/mol. The van der Waals surface area contributed by atoms with E-state index in [9.17, 15) is 10.5 Å². The number of allylic oxidation sites excluding steroid dienone is 6. The number of carbonyl (C=O) groups excluding carboxylic acids is 2. The highest BCUT2D eigenvalue weighted by atomic mass is 32.1. The highest BCUT2D eigenvalue weighted by Gasteiger charge is 2.55. The molecular weight excluding hydrogens is 1860 g/mol. The van der Waals surface area contributed by atoms with Crippen molar-refractivity contribution in [3.63, 3.8) is 0 Å². The van der Waals surface area contributed by atoms with Crippen molar-refractivity contribution in [3.05, 3.63) is 299 Å². The van der Waals surface area contributed by atoms with Crippen LogP contribution in [0.3, 0.4) is 0 Å². The molecule has 0 amide bonds. The summed E-state index contributed by atoms with van der Waals surface area (Å²) in [4.78, 5) is 47.3. The molecule has 0 spiro atoms. The number of aryl methyl sites for hydroxylation is 4. The van der Waals surface area contributed by atoms with Crippen LogP contribution in [-0.4, -0.2) is 24.8 Å². The highest BCUT2D eigenvalue weighted by Crippen LogP contribution is 2.70. The minimum atomic E-state index is -0.837. The Morgan fingerprint density at radius 1 is 0.382 bits per heavy atom. The molecule has 0 saturated carbocycles. The Labute approximate surface area is 841 Å². The van der Waals surface area contributed by atoms with Crippen molar-refractivity contribution in [3.8, 4) is 64.0 Å². The van der Waals surface area contributed by atoms with Crippen LogP contribution in [0.1, 0.15) is 316 Å². The number of hydrogen-bond donors (Lipinski definition) is 0. The Morgan fingerprint density at radius 2 is 0.721 bits per heavy atom. The van der Waals surface area contributed by atoms with Gasteiger partial charge in [0.1, 0.15) is 11.5 Å². The molecule has 0 bridgehead atoms. The van der Waals surface area contributed by atoms with E-state index < -0.39 is 10.8 Å². The molecule has 8 nitrogen and oxygen atoms in total. The number of ether oxygens (including phenoxy) is 2. The molecule has 2 unspecified atom stereocenters. The fourth-order valence-corrected chi connectivity index (χ4v) is 33.9. The highest BCUT2D eigenvalue weighted by molar-refractivity contribution is 7.34. The lowest BCUT2D eigenvalue weighted by Gasteiger charge is -2.36. The molecule has 0 radical (unpaired) electrons. The normalized spacial score (nSPS) is 15.6. The van der Waals surface area contributed by atoms with Crippen LogP contribution in [0.15, 0.2) is 179 Å². The minimum absolute atomic E-state index is 0.0770. The molecule has 10 aromatic heterocycles. The molecule has 690 valence electrons. The Balaban J connectivity index is 0.852. The molecule has 18 heteroatoms. The van der Waals surface area contributed by atoms with Crippen molar-refractivity contribution < 1.29 is 19.1 Å². The topological polar surface area (TPSA) is 109 Å². The summed E-state index contributed by atoms with van der Waals surface area (Å²) >= 11 is 16.8. The third-order valence-electron chi connectivity index (χ3n) is 28.7. The van der Waals surface area contributed by atoms with Gasteiger partial charge in [-0.1, -0.05) is 268 Å². The Morgan fingerprint density at radius 3 is 1.04 bits per heavy atom. The van der Waals surface area contributed by atoms with Crippen LogP contribution in [0.2, 0.25) is 0 Å². The summed E-state index contributed by atoms with van der Waals surface area (Å²) in [5.41, 5.74) is 19.2. The standard InChI is InChI=1S/C118H114N4O4S10/c1-11-19-25-29-35-73-39-47-77(48-40-73)117(78-49-41-74(42-50-78)36-30-26-20-12-2)87-63-84-88(64-83(87)107-103(117)113-97(133-107)65-95(135-113)109-91(125-69-71(17-7)33-23-15-5)61-81(129-109)59-85-99(89(67-119)121-9)101-111-93(55-57-127-111)131-115(101)105(85)123)118(79-51-43-75(44-52-79)37-31-27-21-13-3,80-53-45-76(46-54-80)38-32-28-22-14-4)104-108(84)134-98-66-96(136-114(98)104)110-92(126-70-72(18-8)34-24-16-6)62-82(130-110)60-86-100(90(68-120)122-10)102-112-94(56-58-128-112)132-116(102)106(86)124/h39-66,71-72H,11-38,69-70H2,1-8H3/b85-59-,86-60-,99-89-,100-90+. The van der Waals surface area contributed by atoms with Gasteiger partial charge >= 0.3 is 0 Å². The van der Waals surface area contributed by atoms with Gasteiger partial charge in [0.2, 0.25) is 11.6 Å². The molecule has 4 aliphatic rings. The van der Waals surface area contributed by atoms with Crippen LogP contribution in [0.4, 0.5) is 0 Å². The third-order valence-corrected chi connectivity index (χ3v) is 40.5. The first-order valence-electron chi connectivity index (χ1n) is 49.5. The number of carbonyl (C=O) groups is 2. The van der Waals surface area contributed by atoms with Crippen LogP contribution in [0.5, 0.6) is 11.5 Å². The van der Waals surface area contributed by atoms with Crippen molar-refractivity contribution in [1.82, 2.24) is 0 Å². The summed E-state index contributed by atoms with van der Waals surface area (Å²) in [6, 6.07) is 62.6. The van der Waals surface area contributed by atoms with Gasteiger partial charge in [-0.2, -0.15) is 0 Å². The maximum absolute atomic E-state index is 15.1. The number of hydrogen-bond acceptors (Lipinski definition) is 16. The van der Waals surface area contributed by atoms with E-state index in [4.69, 9.17) is 22.6 Å². The number of ketones is 2. The fourth-order valence-electron chi connectivity index (χ4n) is 21.4. The van der Waals surface area contributed by atoms with Crippen molar-refractivity contribution in [1.29, 1.82) is 10.5 Å². The number of thiophene rings is 10. The predicted octanol–water partition coefficient (Wildman–Crippen LogP) is 37.5. The van der Waals surface area contributed by atoms with E-state index in [1.54, 1.807) is 45.3 Å². The molecule has 2 atom stereocenters. The second-order valence-corrected chi connectivity index (χ2v) is 47.7. The van der Waals surface area contributed by atoms with Gasteiger partial charge in [-0.15, -0.1) is 113 Å². The molecule has 4 aliphatic carbocycles. The summed E-state index contributed by atoms with van der Waals surface area (Å²) in [5, 5.41) is 25.5. The van der Waals surface area contributed by atoms with Crippen LogP contribution in [0, 0.1) is 47.6 Å². The molecule has 0 N–H and O–H groups in total. The van der Waals surface area contributed by atoms with Gasteiger partial charge in [0.05, 0.1) is 97.4 Å². The summed E-state index contributed by atoms with van der Waals surface area (Å²) in [5.74, 6) is 1.92. The SMILES string of the molecule is [C-]#[N+]/C(C#N)=C1/C(=C/c2cc(OCC(CC)CCCC)c(-c3cc4sc5c(c4s3)C(c3ccc(CCCCCC)cc3)(c3ccc(CCCCCC)cc3)c3cc4c(cc3-5)C(c3ccc(CCCCCC)cc3)(c3ccc(CCCCCC)cc3)c3c-4sc4cc(-c5sc(/C=C6\C(=O)c7sc8ccsc8c7\C6=C(/C#N)[N+]#[C-])cc5OCC(CC)CCCC)sc34)s2)C(=O)c2sc3ccsc3c21. The Hall–Kier alpha value is -10.0. The molecular formula is C118H114N4O4S10. The van der Waals surface area contributed by atoms with E-state index >= 15 is 9.59 Å². The number of unbranched alkanes of at least 4 members (excludes halogenated alkanes) is 14. The third kappa shape index (κ3) is 17.4. The number of fused-ring (bicyclic) bond motifs is 16. The Bertz CT molecular complexity index is 6750. The first-order chi connectivity index (χ1) is 66.7. The molecule has 5 aromatic carbocycles. The van der Waals surface area contributed by atoms with E-state index in [0.717, 1.165) is 162 Å². The maximum Gasteiger partial charge on any atom is 0.270 e. The van der Waals surface area contributed by atoms with Crippen LogP contribution in [-0.2, 0) is 36.5 Å². The number of rotatable bonds is 42. The van der Waals surface area contributed by atoms with Gasteiger partial charge in [-0.05, 0) is 214 Å². The van der Waals surface area contributed by atoms with E-state index in [1.165, 1.54) is 206 Å².